The fourth-order valence-corrected chi connectivity index (χ4v) is 5.08. The number of carbonyl (C=O) groups is 1. The first-order chi connectivity index (χ1) is 18.9. The third-order valence-electron chi connectivity index (χ3n) is 6.00. The van der Waals surface area contributed by atoms with E-state index in [-0.39, 0.29) is 17.2 Å². The Kier molecular flexibility index (Phi) is 8.16. The van der Waals surface area contributed by atoms with Crippen LogP contribution >= 0.6 is 11.3 Å². The molecule has 3 aromatic heterocycles. The van der Waals surface area contributed by atoms with Crippen molar-refractivity contribution in [1.82, 2.24) is 20.1 Å². The Morgan fingerprint density at radius 1 is 1.23 bits per heavy atom. The van der Waals surface area contributed by atoms with Gasteiger partial charge in [0, 0.05) is 37.1 Å². The number of pyridine rings is 1. The van der Waals surface area contributed by atoms with E-state index in [0.717, 1.165) is 27.7 Å². The molecule has 10 nitrogen and oxygen atoms in total. The van der Waals surface area contributed by atoms with E-state index in [4.69, 9.17) is 4.74 Å². The minimum Gasteiger partial charge on any atom is -0.444 e. The van der Waals surface area contributed by atoms with Crippen LogP contribution in [0.5, 0.6) is 0 Å². The van der Waals surface area contributed by atoms with Crippen molar-refractivity contribution >= 4 is 51.5 Å². The normalized spacial score (nSPS) is 12.9. The van der Waals surface area contributed by atoms with Gasteiger partial charge >= 0.3 is 6.09 Å². The van der Waals surface area contributed by atoms with E-state index < -0.39 is 29.6 Å². The summed E-state index contributed by atoms with van der Waals surface area (Å²) in [7, 11) is 5.70. The third-order valence-corrected chi connectivity index (χ3v) is 6.96. The molecule has 0 unspecified atom stereocenters. The van der Waals surface area contributed by atoms with Crippen molar-refractivity contribution < 1.29 is 13.9 Å². The molecule has 0 aliphatic rings. The summed E-state index contributed by atoms with van der Waals surface area (Å²) in [4.78, 5) is 19.7. The highest BCUT2D eigenvalue weighted by Gasteiger charge is 2.26. The van der Waals surface area contributed by atoms with Crippen molar-refractivity contribution in [2.24, 2.45) is 7.05 Å². The number of nitrogens with one attached hydrogen (secondary N) is 3. The predicted molar refractivity (Wildman–Crippen MR) is 157 cm³/mol. The summed E-state index contributed by atoms with van der Waals surface area (Å²) in [6.45, 7) is 7.14. The van der Waals surface area contributed by atoms with Crippen molar-refractivity contribution in [1.29, 1.82) is 5.26 Å². The van der Waals surface area contributed by atoms with Crippen molar-refractivity contribution in [2.75, 3.05) is 29.6 Å². The third kappa shape index (κ3) is 6.43. The summed E-state index contributed by atoms with van der Waals surface area (Å²) in [5.74, 6) is 0.236. The monoisotopic (exact) mass is 564 g/mol. The number of ether oxygens (including phenoxy) is 1. The minimum absolute atomic E-state index is 0.0507. The lowest BCUT2D eigenvalue weighted by molar-refractivity contribution is 0.0503. The first-order valence-electron chi connectivity index (χ1n) is 12.7. The zero-order chi connectivity index (χ0) is 29.2. The molecule has 0 fully saturated rings. The molecule has 0 saturated heterocycles. The number of alkyl carbamates (subject to hydrolysis) is 1. The summed E-state index contributed by atoms with van der Waals surface area (Å²) in [5.41, 5.74) is 0.993. The number of fused-ring (bicyclic) bond motifs is 1. The summed E-state index contributed by atoms with van der Waals surface area (Å²) < 4.78 is 22.4. The van der Waals surface area contributed by atoms with E-state index in [1.54, 1.807) is 32.4 Å². The highest BCUT2D eigenvalue weighted by atomic mass is 32.1. The van der Waals surface area contributed by atoms with Crippen LogP contribution in [0.1, 0.15) is 44.2 Å². The summed E-state index contributed by atoms with van der Waals surface area (Å²) in [6, 6.07) is 11.6. The molecule has 0 radical (unpaired) electrons. The van der Waals surface area contributed by atoms with Crippen molar-refractivity contribution in [3.05, 3.63) is 58.0 Å². The van der Waals surface area contributed by atoms with Crippen LogP contribution in [0.2, 0.25) is 0 Å². The molecule has 0 bridgehead atoms. The van der Waals surface area contributed by atoms with Crippen LogP contribution in [0.15, 0.2) is 41.8 Å². The Balaban J connectivity index is 1.65. The standard InChI is InChI=1S/C28H33FN8O2S/c1-16(31-27(38)39-28(2,3)4)23(22-9-8-12-40-22)33-25-20(29)13-17(15-30)24(34-25)32-18-10-11-21-19(14-18)26(36(5)6)35-37(21)7/h8-14,16,23H,1-7H3,(H,31,38)(H2,32,33,34)/t16-,23-/m0/s1. The second kappa shape index (κ2) is 11.4. The maximum Gasteiger partial charge on any atom is 0.407 e. The summed E-state index contributed by atoms with van der Waals surface area (Å²) >= 11 is 1.46. The number of hydrogen-bond acceptors (Lipinski definition) is 9. The summed E-state index contributed by atoms with van der Waals surface area (Å²) in [6.07, 6.45) is -0.582. The molecular formula is C28H33FN8O2S. The number of anilines is 4. The number of nitriles is 1. The average Bonchev–Trinajstić information content (AvgIpc) is 3.51. The van der Waals surface area contributed by atoms with E-state index >= 15 is 4.39 Å². The van der Waals surface area contributed by atoms with Gasteiger partial charge in [-0.15, -0.1) is 11.3 Å². The SMILES string of the molecule is C[C@H](NC(=O)OC(C)(C)C)[C@H](Nc1nc(Nc2ccc3c(c2)c(N(C)C)nn3C)c(C#N)cc1F)c1cccs1. The minimum atomic E-state index is -0.689. The highest BCUT2D eigenvalue weighted by molar-refractivity contribution is 7.10. The van der Waals surface area contributed by atoms with Gasteiger partial charge in [-0.05, 0) is 63.4 Å². The highest BCUT2D eigenvalue weighted by Crippen LogP contribution is 2.32. The van der Waals surface area contributed by atoms with Crippen LogP contribution in [-0.2, 0) is 11.8 Å². The number of hydrogen-bond donors (Lipinski definition) is 3. The Bertz CT molecular complexity index is 1550. The molecule has 0 aliphatic heterocycles. The fourth-order valence-electron chi connectivity index (χ4n) is 4.20. The predicted octanol–water partition coefficient (Wildman–Crippen LogP) is 5.92. The Morgan fingerprint density at radius 2 is 1.98 bits per heavy atom. The lowest BCUT2D eigenvalue weighted by Crippen LogP contribution is -2.42. The molecule has 0 saturated carbocycles. The molecular weight excluding hydrogens is 531 g/mol. The topological polar surface area (TPSA) is 120 Å². The molecule has 0 aliphatic carbocycles. The zero-order valence-electron chi connectivity index (χ0n) is 23.5. The number of rotatable bonds is 8. The Hall–Kier alpha value is -4.37. The van der Waals surface area contributed by atoms with Crippen LogP contribution in [0.25, 0.3) is 10.9 Å². The smallest absolute Gasteiger partial charge is 0.407 e. The van der Waals surface area contributed by atoms with E-state index in [2.05, 4.69) is 26.0 Å². The molecule has 210 valence electrons. The largest absolute Gasteiger partial charge is 0.444 e. The van der Waals surface area contributed by atoms with Crippen molar-refractivity contribution in [3.63, 3.8) is 0 Å². The molecule has 40 heavy (non-hydrogen) atoms. The van der Waals surface area contributed by atoms with Gasteiger partial charge in [0.2, 0.25) is 0 Å². The van der Waals surface area contributed by atoms with Gasteiger partial charge in [-0.2, -0.15) is 10.4 Å². The summed E-state index contributed by atoms with van der Waals surface area (Å²) in [5, 5.41) is 26.2. The number of thiophene rings is 1. The first-order valence-corrected chi connectivity index (χ1v) is 13.6. The van der Waals surface area contributed by atoms with Gasteiger partial charge in [-0.25, -0.2) is 14.2 Å². The van der Waals surface area contributed by atoms with Gasteiger partial charge in [0.05, 0.1) is 23.2 Å². The van der Waals surface area contributed by atoms with Gasteiger partial charge in [0.1, 0.15) is 11.7 Å². The molecule has 1 aromatic carbocycles. The van der Waals surface area contributed by atoms with Crippen LogP contribution in [0.3, 0.4) is 0 Å². The van der Waals surface area contributed by atoms with E-state index in [1.165, 1.54) is 11.3 Å². The van der Waals surface area contributed by atoms with Crippen LogP contribution in [-0.4, -0.2) is 46.6 Å². The van der Waals surface area contributed by atoms with Crippen LogP contribution < -0.4 is 20.9 Å². The van der Waals surface area contributed by atoms with Crippen LogP contribution in [0.4, 0.5) is 32.3 Å². The zero-order valence-corrected chi connectivity index (χ0v) is 24.4. The molecule has 2 atom stereocenters. The molecule has 12 heteroatoms. The average molecular weight is 565 g/mol. The first kappa shape index (κ1) is 28.6. The van der Waals surface area contributed by atoms with Gasteiger partial charge in [0.15, 0.2) is 23.3 Å². The maximum absolute atomic E-state index is 15.2. The van der Waals surface area contributed by atoms with Crippen LogP contribution in [0, 0.1) is 17.1 Å². The number of carbonyl (C=O) groups excluding carboxylic acids is 1. The lowest BCUT2D eigenvalue weighted by atomic mass is 10.1. The molecule has 4 rings (SSSR count). The van der Waals surface area contributed by atoms with Gasteiger partial charge in [0.25, 0.3) is 0 Å². The quantitative estimate of drug-likeness (QED) is 0.241. The van der Waals surface area contributed by atoms with E-state index in [0.29, 0.717) is 5.69 Å². The maximum atomic E-state index is 15.2. The number of aromatic nitrogens is 3. The second-order valence-corrected chi connectivity index (χ2v) is 11.6. The lowest BCUT2D eigenvalue weighted by Gasteiger charge is -2.28. The van der Waals surface area contributed by atoms with Crippen molar-refractivity contribution in [2.45, 2.75) is 45.4 Å². The second-order valence-electron chi connectivity index (χ2n) is 10.6. The number of nitrogens with zero attached hydrogens (tertiary/aromatic N) is 5. The molecule has 3 N–H and O–H groups in total. The van der Waals surface area contributed by atoms with Gasteiger partial charge in [-0.1, -0.05) is 6.07 Å². The molecule has 4 aromatic rings. The Morgan fingerprint density at radius 3 is 2.60 bits per heavy atom. The Labute approximate surface area is 236 Å². The number of amides is 1. The van der Waals surface area contributed by atoms with E-state index in [1.807, 2.05) is 67.8 Å². The fraction of sp³-hybridized carbons (Fsp3) is 0.357. The number of halogens is 1. The number of benzene rings is 1. The number of aryl methyl sites for hydroxylation is 1. The molecule has 3 heterocycles. The van der Waals surface area contributed by atoms with Crippen molar-refractivity contribution in [3.8, 4) is 6.07 Å². The molecule has 1 amide bonds. The van der Waals surface area contributed by atoms with Gasteiger partial charge in [-0.3, -0.25) is 4.68 Å². The van der Waals surface area contributed by atoms with Gasteiger partial charge < -0.3 is 25.6 Å². The van der Waals surface area contributed by atoms with E-state index in [9.17, 15) is 10.1 Å². The molecule has 0 spiro atoms.